The predicted octanol–water partition coefficient (Wildman–Crippen LogP) is 1.33. The first-order valence-corrected chi connectivity index (χ1v) is 7.79. The van der Waals surface area contributed by atoms with Crippen LogP contribution in [0, 0.1) is 5.92 Å². The van der Waals surface area contributed by atoms with Gasteiger partial charge in [0.25, 0.3) is 0 Å². The summed E-state index contributed by atoms with van der Waals surface area (Å²) < 4.78 is 5.09. The summed E-state index contributed by atoms with van der Waals surface area (Å²) in [5.74, 6) is 0.0532. The van der Waals surface area contributed by atoms with Crippen molar-refractivity contribution in [3.63, 3.8) is 0 Å². The Labute approximate surface area is 121 Å². The van der Waals surface area contributed by atoms with Crippen LogP contribution in [0.25, 0.3) is 0 Å². The molecule has 0 spiro atoms. The summed E-state index contributed by atoms with van der Waals surface area (Å²) in [6.07, 6.45) is 5.74. The Hall–Kier alpha value is -0.650. The summed E-state index contributed by atoms with van der Waals surface area (Å²) in [5.41, 5.74) is 0. The van der Waals surface area contributed by atoms with Crippen molar-refractivity contribution >= 4 is 5.97 Å². The lowest BCUT2D eigenvalue weighted by Crippen LogP contribution is -2.55. The van der Waals surface area contributed by atoms with E-state index in [4.69, 9.17) is 9.84 Å². The van der Waals surface area contributed by atoms with Crippen molar-refractivity contribution in [2.75, 3.05) is 26.8 Å². The Morgan fingerprint density at radius 1 is 1.45 bits per heavy atom. The molecule has 0 amide bonds. The minimum Gasteiger partial charge on any atom is -0.480 e. The van der Waals surface area contributed by atoms with E-state index >= 15 is 0 Å². The Bertz CT molecular complexity index is 314. The molecule has 0 aliphatic heterocycles. The maximum Gasteiger partial charge on any atom is 0.317 e. The molecule has 0 aromatic heterocycles. The average molecular weight is 284 g/mol. The summed E-state index contributed by atoms with van der Waals surface area (Å²) in [4.78, 5) is 13.1. The monoisotopic (exact) mass is 284 g/mol. The molecule has 1 unspecified atom stereocenters. The van der Waals surface area contributed by atoms with Crippen molar-refractivity contribution in [2.45, 2.75) is 57.2 Å². The van der Waals surface area contributed by atoms with Gasteiger partial charge in [0, 0.05) is 38.4 Å². The minimum atomic E-state index is -0.699. The molecule has 0 radical (unpaired) electrons. The van der Waals surface area contributed by atoms with E-state index in [1.165, 1.54) is 12.8 Å². The summed E-state index contributed by atoms with van der Waals surface area (Å²) in [5, 5.41) is 12.6. The molecule has 0 aromatic rings. The summed E-state index contributed by atoms with van der Waals surface area (Å²) in [7, 11) is 1.73. The molecule has 2 rings (SSSR count). The van der Waals surface area contributed by atoms with E-state index in [0.29, 0.717) is 18.1 Å². The van der Waals surface area contributed by atoms with Gasteiger partial charge in [0.1, 0.15) is 0 Å². The molecule has 0 saturated heterocycles. The topological polar surface area (TPSA) is 61.8 Å². The molecule has 0 heterocycles. The van der Waals surface area contributed by atoms with Gasteiger partial charge in [0.15, 0.2) is 0 Å². The first-order valence-electron chi connectivity index (χ1n) is 7.79. The molecule has 5 heteroatoms. The molecule has 0 bridgehead atoms. The molecule has 1 atom stereocenters. The second kappa shape index (κ2) is 7.38. The van der Waals surface area contributed by atoms with Crippen LogP contribution in [0.5, 0.6) is 0 Å². The van der Waals surface area contributed by atoms with Crippen LogP contribution in [-0.2, 0) is 9.53 Å². The molecule has 2 aliphatic carbocycles. The van der Waals surface area contributed by atoms with Crippen LogP contribution < -0.4 is 5.32 Å². The molecular weight excluding hydrogens is 256 g/mol. The normalized spacial score (nSPS) is 27.4. The Kier molecular flexibility index (Phi) is 5.81. The Balaban J connectivity index is 1.67. The van der Waals surface area contributed by atoms with E-state index in [1.54, 1.807) is 7.11 Å². The lowest BCUT2D eigenvalue weighted by molar-refractivity contribution is -0.139. The highest BCUT2D eigenvalue weighted by Gasteiger charge is 2.37. The van der Waals surface area contributed by atoms with E-state index in [2.05, 4.69) is 17.1 Å². The van der Waals surface area contributed by atoms with Crippen molar-refractivity contribution in [1.82, 2.24) is 10.2 Å². The smallest absolute Gasteiger partial charge is 0.317 e. The van der Waals surface area contributed by atoms with Crippen LogP contribution in [0.15, 0.2) is 0 Å². The minimum absolute atomic E-state index is 0.202. The molecule has 2 N–H and O–H groups in total. The number of carboxylic acids is 1. The van der Waals surface area contributed by atoms with E-state index in [9.17, 15) is 4.79 Å². The van der Waals surface area contributed by atoms with Gasteiger partial charge in [-0.1, -0.05) is 0 Å². The van der Waals surface area contributed by atoms with Crippen LogP contribution in [0.1, 0.15) is 39.0 Å². The zero-order valence-electron chi connectivity index (χ0n) is 12.7. The fourth-order valence-electron chi connectivity index (χ4n) is 2.95. The van der Waals surface area contributed by atoms with Gasteiger partial charge in [-0.3, -0.25) is 9.69 Å². The van der Waals surface area contributed by atoms with Crippen LogP contribution in [0.4, 0.5) is 0 Å². The number of hydrogen-bond donors (Lipinski definition) is 2. The second-order valence-corrected chi connectivity index (χ2v) is 6.44. The first-order chi connectivity index (χ1) is 9.58. The van der Waals surface area contributed by atoms with Gasteiger partial charge >= 0.3 is 5.97 Å². The van der Waals surface area contributed by atoms with Crippen LogP contribution in [0.2, 0.25) is 0 Å². The second-order valence-electron chi connectivity index (χ2n) is 6.44. The average Bonchev–Trinajstić information content (AvgIpc) is 3.13. The van der Waals surface area contributed by atoms with Gasteiger partial charge in [-0.05, 0) is 44.9 Å². The van der Waals surface area contributed by atoms with Crippen molar-refractivity contribution in [3.8, 4) is 0 Å². The molecule has 5 nitrogen and oxygen atoms in total. The predicted molar refractivity (Wildman–Crippen MR) is 77.8 cm³/mol. The Morgan fingerprint density at radius 3 is 2.70 bits per heavy atom. The molecule has 2 saturated carbocycles. The molecule has 116 valence electrons. The summed E-state index contributed by atoms with van der Waals surface area (Å²) in [6, 6.07) is 1.47. The van der Waals surface area contributed by atoms with Gasteiger partial charge in [0.05, 0.1) is 6.54 Å². The number of nitrogens with zero attached hydrogens (tertiary/aromatic N) is 1. The van der Waals surface area contributed by atoms with Crippen LogP contribution in [0.3, 0.4) is 0 Å². The molecule has 20 heavy (non-hydrogen) atoms. The molecular formula is C15H28N2O3. The fourth-order valence-corrected chi connectivity index (χ4v) is 2.95. The van der Waals surface area contributed by atoms with Gasteiger partial charge in [-0.25, -0.2) is 0 Å². The van der Waals surface area contributed by atoms with Crippen molar-refractivity contribution in [1.29, 1.82) is 0 Å². The van der Waals surface area contributed by atoms with E-state index in [0.717, 1.165) is 38.3 Å². The zero-order chi connectivity index (χ0) is 14.5. The fraction of sp³-hybridized carbons (Fsp3) is 0.933. The largest absolute Gasteiger partial charge is 0.480 e. The van der Waals surface area contributed by atoms with Crippen molar-refractivity contribution < 1.29 is 14.6 Å². The standard InChI is InChI=1S/C15H28N2O3/c1-11(5-6-20-2)16-13-7-14(8-13)17(10-15(18)19)9-12-3-4-12/h11-14,16H,3-10H2,1-2H3,(H,18,19). The highest BCUT2D eigenvalue weighted by Crippen LogP contribution is 2.33. The highest BCUT2D eigenvalue weighted by atomic mass is 16.5. The SMILES string of the molecule is COCCC(C)NC1CC(N(CC(=O)O)CC2CC2)C1. The van der Waals surface area contributed by atoms with E-state index < -0.39 is 5.97 Å². The number of rotatable bonds is 10. The van der Waals surface area contributed by atoms with Crippen molar-refractivity contribution in [3.05, 3.63) is 0 Å². The van der Waals surface area contributed by atoms with E-state index in [1.807, 2.05) is 0 Å². The number of methoxy groups -OCH3 is 1. The number of nitrogens with one attached hydrogen (secondary N) is 1. The lowest BCUT2D eigenvalue weighted by Gasteiger charge is -2.44. The molecule has 2 fully saturated rings. The third-order valence-corrected chi connectivity index (χ3v) is 4.43. The third kappa shape index (κ3) is 5.04. The van der Waals surface area contributed by atoms with Gasteiger partial charge in [-0.2, -0.15) is 0 Å². The lowest BCUT2D eigenvalue weighted by atomic mass is 9.84. The number of aliphatic carboxylic acids is 1. The van der Waals surface area contributed by atoms with Gasteiger partial charge in [0.2, 0.25) is 0 Å². The Morgan fingerprint density at radius 2 is 2.15 bits per heavy atom. The maximum atomic E-state index is 11.0. The van der Waals surface area contributed by atoms with Gasteiger partial charge < -0.3 is 15.2 Å². The molecule has 2 aliphatic rings. The number of hydrogen-bond acceptors (Lipinski definition) is 4. The maximum absolute atomic E-state index is 11.0. The number of carboxylic acid groups (broad SMARTS) is 1. The zero-order valence-corrected chi connectivity index (χ0v) is 12.7. The van der Waals surface area contributed by atoms with Crippen LogP contribution in [-0.4, -0.2) is 60.9 Å². The van der Waals surface area contributed by atoms with E-state index in [-0.39, 0.29) is 6.54 Å². The van der Waals surface area contributed by atoms with Gasteiger partial charge in [-0.15, -0.1) is 0 Å². The highest BCUT2D eigenvalue weighted by molar-refractivity contribution is 5.69. The number of ether oxygens (including phenoxy) is 1. The van der Waals surface area contributed by atoms with Crippen LogP contribution >= 0.6 is 0 Å². The number of carbonyl (C=O) groups is 1. The third-order valence-electron chi connectivity index (χ3n) is 4.43. The summed E-state index contributed by atoms with van der Waals surface area (Å²) >= 11 is 0. The van der Waals surface area contributed by atoms with Crippen molar-refractivity contribution in [2.24, 2.45) is 5.92 Å². The summed E-state index contributed by atoms with van der Waals surface area (Å²) in [6.45, 7) is 4.15. The first kappa shape index (κ1) is 15.7. The molecule has 0 aromatic carbocycles. The quantitative estimate of drug-likeness (QED) is 0.634.